The minimum Gasteiger partial charge on any atom is -0.481 e. The average Bonchev–Trinajstić information content (AvgIpc) is 2.66. The van der Waals surface area contributed by atoms with Crippen LogP contribution in [0.1, 0.15) is 26.2 Å². The van der Waals surface area contributed by atoms with E-state index in [0.29, 0.717) is 0 Å². The zero-order chi connectivity index (χ0) is 24.3. The number of nitrogens with one attached hydrogen (secondary N) is 3. The molecule has 0 saturated heterocycles. The predicted molar refractivity (Wildman–Crippen MR) is 101 cm³/mol. The number of nitrogens with two attached hydrogens (primary N) is 2. The van der Waals surface area contributed by atoms with Crippen LogP contribution in [0.2, 0.25) is 0 Å². The maximum atomic E-state index is 12.5. The number of primary amides is 1. The minimum absolute atomic E-state index is 0.429. The Morgan fingerprint density at radius 1 is 0.903 bits per heavy atom. The molecule has 0 aliphatic rings. The van der Waals surface area contributed by atoms with Crippen molar-refractivity contribution in [3.63, 3.8) is 0 Å². The maximum absolute atomic E-state index is 12.5. The van der Waals surface area contributed by atoms with Gasteiger partial charge in [0.1, 0.15) is 18.1 Å². The topological polar surface area (TPSA) is 271 Å². The number of carboxylic acid groups (broad SMARTS) is 2. The normalized spacial score (nSPS) is 15.5. The Labute approximate surface area is 176 Å². The Kier molecular flexibility index (Phi) is 11.7. The van der Waals surface area contributed by atoms with E-state index in [9.17, 15) is 33.9 Å². The first-order valence-electron chi connectivity index (χ1n) is 8.98. The summed E-state index contributed by atoms with van der Waals surface area (Å²) >= 11 is 0. The predicted octanol–water partition coefficient (Wildman–Crippen LogP) is -5.03. The Hall–Kier alpha value is -3.30. The summed E-state index contributed by atoms with van der Waals surface area (Å²) in [7, 11) is 0. The van der Waals surface area contributed by atoms with Crippen LogP contribution in [0.3, 0.4) is 0 Å². The summed E-state index contributed by atoms with van der Waals surface area (Å²) in [5.41, 5.74) is 10.4. The standard InChI is InChI=1S/C16H27N5O10/c1-6(23)12(16(30)31)21-15(29)9(4-10(18)24)20-14(28)8(2-3-11(25)26)19-13(27)7(17)5-22/h6-9,12,22-23H,2-5,17H2,1H3,(H2,18,24)(H,19,27)(H,20,28)(H,21,29)(H,25,26)(H,30,31). The van der Waals surface area contributed by atoms with Crippen molar-refractivity contribution in [3.05, 3.63) is 0 Å². The van der Waals surface area contributed by atoms with Crippen molar-refractivity contribution in [2.24, 2.45) is 11.5 Å². The molecule has 15 nitrogen and oxygen atoms in total. The van der Waals surface area contributed by atoms with Crippen molar-refractivity contribution in [2.45, 2.75) is 56.5 Å². The van der Waals surface area contributed by atoms with Gasteiger partial charge in [-0.15, -0.1) is 0 Å². The SMILES string of the molecule is CC(O)C(NC(=O)C(CC(N)=O)NC(=O)C(CCC(=O)O)NC(=O)C(N)CO)C(=O)O. The first-order chi connectivity index (χ1) is 14.3. The molecule has 0 bridgehead atoms. The Morgan fingerprint density at radius 2 is 1.42 bits per heavy atom. The molecule has 0 aromatic rings. The van der Waals surface area contributed by atoms with E-state index in [1.165, 1.54) is 0 Å². The summed E-state index contributed by atoms with van der Waals surface area (Å²) in [5, 5.41) is 42.3. The Balaban J connectivity index is 5.53. The van der Waals surface area contributed by atoms with E-state index in [0.717, 1.165) is 6.92 Å². The van der Waals surface area contributed by atoms with E-state index in [-0.39, 0.29) is 0 Å². The number of carbonyl (C=O) groups excluding carboxylic acids is 4. The third kappa shape index (κ3) is 10.3. The van der Waals surface area contributed by atoms with Crippen LogP contribution in [0.5, 0.6) is 0 Å². The summed E-state index contributed by atoms with van der Waals surface area (Å²) in [5.74, 6) is -7.18. The van der Waals surface area contributed by atoms with E-state index < -0.39 is 91.7 Å². The highest BCUT2D eigenvalue weighted by Gasteiger charge is 2.32. The molecule has 0 aromatic heterocycles. The van der Waals surface area contributed by atoms with Gasteiger partial charge in [-0.25, -0.2) is 4.79 Å². The number of rotatable bonds is 14. The van der Waals surface area contributed by atoms with Crippen LogP contribution >= 0.6 is 0 Å². The molecule has 0 aliphatic heterocycles. The summed E-state index contributed by atoms with van der Waals surface area (Å²) in [6, 6.07) is -6.38. The number of hydrogen-bond donors (Lipinski definition) is 9. The van der Waals surface area contributed by atoms with Gasteiger partial charge < -0.3 is 47.8 Å². The third-order valence-electron chi connectivity index (χ3n) is 3.90. The summed E-state index contributed by atoms with van der Waals surface area (Å²) in [6.07, 6.45) is -3.28. The van der Waals surface area contributed by atoms with E-state index in [4.69, 9.17) is 26.8 Å². The van der Waals surface area contributed by atoms with E-state index >= 15 is 0 Å². The van der Waals surface area contributed by atoms with Crippen molar-refractivity contribution >= 4 is 35.6 Å². The highest BCUT2D eigenvalue weighted by atomic mass is 16.4. The summed E-state index contributed by atoms with van der Waals surface area (Å²) in [4.78, 5) is 70.0. The lowest BCUT2D eigenvalue weighted by Crippen LogP contribution is -2.59. The number of hydrogen-bond acceptors (Lipinski definition) is 9. The molecule has 0 fully saturated rings. The molecule has 0 radical (unpaired) electrons. The monoisotopic (exact) mass is 449 g/mol. The number of aliphatic carboxylic acids is 2. The molecule has 0 aromatic carbocycles. The minimum atomic E-state index is -1.76. The lowest BCUT2D eigenvalue weighted by atomic mass is 10.1. The van der Waals surface area contributed by atoms with Crippen LogP contribution in [0, 0.1) is 0 Å². The first-order valence-corrected chi connectivity index (χ1v) is 8.98. The zero-order valence-corrected chi connectivity index (χ0v) is 16.6. The highest BCUT2D eigenvalue weighted by Crippen LogP contribution is 2.03. The second-order valence-corrected chi connectivity index (χ2v) is 6.58. The van der Waals surface area contributed by atoms with Gasteiger partial charge in [0.25, 0.3) is 0 Å². The number of aliphatic hydroxyl groups is 2. The number of carbonyl (C=O) groups is 6. The molecule has 5 atom stereocenters. The molecule has 11 N–H and O–H groups in total. The van der Waals surface area contributed by atoms with Crippen LogP contribution in [0.4, 0.5) is 0 Å². The van der Waals surface area contributed by atoms with E-state index in [1.54, 1.807) is 0 Å². The Morgan fingerprint density at radius 3 is 1.84 bits per heavy atom. The second-order valence-electron chi connectivity index (χ2n) is 6.58. The highest BCUT2D eigenvalue weighted by molar-refractivity contribution is 5.96. The molecule has 4 amide bonds. The molecule has 15 heteroatoms. The van der Waals surface area contributed by atoms with Crippen LogP contribution in [-0.4, -0.2) is 92.9 Å². The molecule has 0 spiro atoms. The van der Waals surface area contributed by atoms with Gasteiger partial charge in [0.2, 0.25) is 23.6 Å². The van der Waals surface area contributed by atoms with E-state index in [2.05, 4.69) is 10.6 Å². The lowest BCUT2D eigenvalue weighted by molar-refractivity contribution is -0.145. The van der Waals surface area contributed by atoms with Gasteiger partial charge in [-0.2, -0.15) is 0 Å². The fourth-order valence-electron chi connectivity index (χ4n) is 2.22. The van der Waals surface area contributed by atoms with Gasteiger partial charge in [0.15, 0.2) is 6.04 Å². The maximum Gasteiger partial charge on any atom is 0.328 e. The van der Waals surface area contributed by atoms with Gasteiger partial charge in [0, 0.05) is 6.42 Å². The summed E-state index contributed by atoms with van der Waals surface area (Å²) < 4.78 is 0. The van der Waals surface area contributed by atoms with Crippen molar-refractivity contribution in [1.29, 1.82) is 0 Å². The van der Waals surface area contributed by atoms with Crippen LogP contribution in [0.15, 0.2) is 0 Å². The van der Waals surface area contributed by atoms with Crippen molar-refractivity contribution in [3.8, 4) is 0 Å². The van der Waals surface area contributed by atoms with Crippen molar-refractivity contribution in [1.82, 2.24) is 16.0 Å². The second kappa shape index (κ2) is 13.1. The fraction of sp³-hybridized carbons (Fsp3) is 0.625. The molecule has 0 rings (SSSR count). The molecular formula is C16H27N5O10. The van der Waals surface area contributed by atoms with Gasteiger partial charge >= 0.3 is 11.9 Å². The molecule has 0 heterocycles. The van der Waals surface area contributed by atoms with E-state index in [1.807, 2.05) is 5.32 Å². The third-order valence-corrected chi connectivity index (χ3v) is 3.90. The van der Waals surface area contributed by atoms with Gasteiger partial charge in [0.05, 0.1) is 19.1 Å². The molecule has 0 aliphatic carbocycles. The fourth-order valence-corrected chi connectivity index (χ4v) is 2.22. The number of amides is 4. The average molecular weight is 449 g/mol. The van der Waals surface area contributed by atoms with Gasteiger partial charge in [-0.1, -0.05) is 0 Å². The van der Waals surface area contributed by atoms with Crippen LogP contribution < -0.4 is 27.4 Å². The Bertz CT molecular complexity index is 698. The van der Waals surface area contributed by atoms with Crippen molar-refractivity contribution < 1.29 is 49.2 Å². The first kappa shape index (κ1) is 27.7. The molecular weight excluding hydrogens is 422 g/mol. The smallest absolute Gasteiger partial charge is 0.328 e. The summed E-state index contributed by atoms with van der Waals surface area (Å²) in [6.45, 7) is 0.324. The van der Waals surface area contributed by atoms with Crippen LogP contribution in [-0.2, 0) is 28.8 Å². The lowest BCUT2D eigenvalue weighted by Gasteiger charge is -2.25. The number of carboxylic acids is 2. The zero-order valence-electron chi connectivity index (χ0n) is 16.6. The largest absolute Gasteiger partial charge is 0.481 e. The number of aliphatic hydroxyl groups excluding tert-OH is 2. The van der Waals surface area contributed by atoms with Crippen molar-refractivity contribution in [2.75, 3.05) is 6.61 Å². The molecule has 5 unspecified atom stereocenters. The molecule has 176 valence electrons. The van der Waals surface area contributed by atoms with Gasteiger partial charge in [-0.3, -0.25) is 24.0 Å². The van der Waals surface area contributed by atoms with Crippen LogP contribution in [0.25, 0.3) is 0 Å². The quantitative estimate of drug-likeness (QED) is 0.121. The molecule has 31 heavy (non-hydrogen) atoms. The van der Waals surface area contributed by atoms with Gasteiger partial charge in [-0.05, 0) is 13.3 Å². The molecule has 0 saturated carbocycles.